The highest BCUT2D eigenvalue weighted by molar-refractivity contribution is 5.96. The molecule has 1 heterocycles. The molecule has 0 radical (unpaired) electrons. The Bertz CT molecular complexity index is 1070. The third kappa shape index (κ3) is 4.23. The minimum Gasteiger partial charge on any atom is -0.481 e. The number of benzene rings is 2. The van der Waals surface area contributed by atoms with Crippen LogP contribution in [0.5, 0.6) is 5.75 Å². The lowest BCUT2D eigenvalue weighted by Crippen LogP contribution is -2.30. The summed E-state index contributed by atoms with van der Waals surface area (Å²) in [5, 5.41) is 3.55. The largest absolute Gasteiger partial charge is 0.481 e. The van der Waals surface area contributed by atoms with Crippen molar-refractivity contribution in [1.29, 1.82) is 0 Å². The van der Waals surface area contributed by atoms with Gasteiger partial charge in [0, 0.05) is 28.8 Å². The normalized spacial score (nSPS) is 11.8. The number of amides is 1. The van der Waals surface area contributed by atoms with Crippen molar-refractivity contribution in [3.63, 3.8) is 0 Å². The van der Waals surface area contributed by atoms with Gasteiger partial charge in [0.15, 0.2) is 11.9 Å². The van der Waals surface area contributed by atoms with E-state index >= 15 is 0 Å². The van der Waals surface area contributed by atoms with E-state index in [1.165, 1.54) is 13.0 Å². The van der Waals surface area contributed by atoms with Crippen LogP contribution >= 0.6 is 0 Å². The molecule has 0 bridgehead atoms. The van der Waals surface area contributed by atoms with E-state index in [9.17, 15) is 14.4 Å². The quantitative estimate of drug-likeness (QED) is 0.550. The van der Waals surface area contributed by atoms with Crippen molar-refractivity contribution in [1.82, 2.24) is 0 Å². The van der Waals surface area contributed by atoms with Crippen molar-refractivity contribution in [3.05, 3.63) is 70.1 Å². The molecular formula is C21H19NO5. The molecule has 0 aliphatic rings. The number of ketones is 1. The van der Waals surface area contributed by atoms with Gasteiger partial charge in [0.1, 0.15) is 11.3 Å². The fraction of sp³-hybridized carbons (Fsp3) is 0.190. The fourth-order valence-corrected chi connectivity index (χ4v) is 2.67. The molecule has 0 aliphatic carbocycles. The molecule has 0 fully saturated rings. The van der Waals surface area contributed by atoms with Gasteiger partial charge in [-0.15, -0.1) is 0 Å². The number of carbonyl (C=O) groups excluding carboxylic acids is 2. The Hall–Kier alpha value is -3.41. The predicted molar refractivity (Wildman–Crippen MR) is 102 cm³/mol. The number of hydrogen-bond donors (Lipinski definition) is 1. The van der Waals surface area contributed by atoms with Crippen molar-refractivity contribution in [2.24, 2.45) is 0 Å². The van der Waals surface area contributed by atoms with Crippen molar-refractivity contribution >= 4 is 28.3 Å². The minimum atomic E-state index is -0.756. The third-order valence-corrected chi connectivity index (χ3v) is 4.16. The van der Waals surface area contributed by atoms with E-state index in [1.807, 2.05) is 6.92 Å². The summed E-state index contributed by atoms with van der Waals surface area (Å²) in [6, 6.07) is 13.1. The summed E-state index contributed by atoms with van der Waals surface area (Å²) in [7, 11) is 0. The summed E-state index contributed by atoms with van der Waals surface area (Å²) in [5.74, 6) is 0.105. The van der Waals surface area contributed by atoms with E-state index in [4.69, 9.17) is 9.15 Å². The second-order valence-corrected chi connectivity index (χ2v) is 6.29. The average Bonchev–Trinajstić information content (AvgIpc) is 2.61. The lowest BCUT2D eigenvalue weighted by molar-refractivity contribution is -0.122. The van der Waals surface area contributed by atoms with Crippen molar-refractivity contribution < 1.29 is 18.7 Å². The molecule has 1 amide bonds. The van der Waals surface area contributed by atoms with Gasteiger partial charge >= 0.3 is 5.63 Å². The standard InChI is InChI=1S/C21H19NO5/c1-12-10-20(24)27-19-11-16(6-9-18(12)19)22-21(25)14(3)26-17-7-4-15(5-8-17)13(2)23/h4-11,14H,1-3H3,(H,22,25). The van der Waals surface area contributed by atoms with E-state index < -0.39 is 11.7 Å². The zero-order chi connectivity index (χ0) is 19.6. The second-order valence-electron chi connectivity index (χ2n) is 6.29. The predicted octanol–water partition coefficient (Wildman–Crippen LogP) is 3.71. The van der Waals surface area contributed by atoms with Gasteiger partial charge in [-0.3, -0.25) is 9.59 Å². The van der Waals surface area contributed by atoms with E-state index in [2.05, 4.69) is 5.32 Å². The van der Waals surface area contributed by atoms with Gasteiger partial charge in [0.05, 0.1) is 0 Å². The van der Waals surface area contributed by atoms with Gasteiger partial charge in [-0.05, 0) is 62.7 Å². The third-order valence-electron chi connectivity index (χ3n) is 4.16. The number of carbonyl (C=O) groups is 2. The van der Waals surface area contributed by atoms with Crippen LogP contribution in [0, 0.1) is 6.92 Å². The Morgan fingerprint density at radius 2 is 1.78 bits per heavy atom. The van der Waals surface area contributed by atoms with E-state index in [0.29, 0.717) is 22.6 Å². The Labute approximate surface area is 155 Å². The zero-order valence-electron chi connectivity index (χ0n) is 15.2. The number of fused-ring (bicyclic) bond motifs is 1. The molecule has 27 heavy (non-hydrogen) atoms. The first-order valence-corrected chi connectivity index (χ1v) is 8.46. The maximum atomic E-state index is 12.4. The molecule has 1 aromatic heterocycles. The molecule has 0 saturated carbocycles. The van der Waals surface area contributed by atoms with E-state index in [0.717, 1.165) is 10.9 Å². The molecule has 3 aromatic rings. The van der Waals surface area contributed by atoms with E-state index in [1.54, 1.807) is 49.4 Å². The molecule has 6 heteroatoms. The van der Waals surface area contributed by atoms with Crippen LogP contribution in [0.2, 0.25) is 0 Å². The first kappa shape index (κ1) is 18.4. The number of nitrogens with one attached hydrogen (secondary N) is 1. The molecule has 2 aromatic carbocycles. The van der Waals surface area contributed by atoms with Gasteiger partial charge in [0.2, 0.25) is 0 Å². The van der Waals surface area contributed by atoms with Gasteiger partial charge in [-0.1, -0.05) is 0 Å². The smallest absolute Gasteiger partial charge is 0.336 e. The maximum Gasteiger partial charge on any atom is 0.336 e. The summed E-state index contributed by atoms with van der Waals surface area (Å²) in [5.41, 5.74) is 1.86. The summed E-state index contributed by atoms with van der Waals surface area (Å²) >= 11 is 0. The van der Waals surface area contributed by atoms with Gasteiger partial charge < -0.3 is 14.5 Å². The highest BCUT2D eigenvalue weighted by Crippen LogP contribution is 2.21. The highest BCUT2D eigenvalue weighted by Gasteiger charge is 2.16. The molecule has 1 unspecified atom stereocenters. The van der Waals surface area contributed by atoms with Crippen LogP contribution in [0.25, 0.3) is 11.0 Å². The first-order valence-electron chi connectivity index (χ1n) is 8.46. The van der Waals surface area contributed by atoms with Gasteiger partial charge in [-0.25, -0.2) is 4.79 Å². The average molecular weight is 365 g/mol. The molecule has 0 saturated heterocycles. The molecular weight excluding hydrogens is 346 g/mol. The van der Waals surface area contributed by atoms with Crippen LogP contribution in [0.1, 0.15) is 29.8 Å². The second kappa shape index (κ2) is 7.45. The summed E-state index contributed by atoms with van der Waals surface area (Å²) in [4.78, 5) is 35.2. The summed E-state index contributed by atoms with van der Waals surface area (Å²) < 4.78 is 10.8. The Balaban J connectivity index is 1.71. The van der Waals surface area contributed by atoms with Crippen LogP contribution in [-0.2, 0) is 4.79 Å². The Morgan fingerprint density at radius 1 is 1.07 bits per heavy atom. The zero-order valence-corrected chi connectivity index (χ0v) is 15.2. The van der Waals surface area contributed by atoms with Crippen LogP contribution < -0.4 is 15.7 Å². The van der Waals surface area contributed by atoms with Crippen molar-refractivity contribution in [2.75, 3.05) is 5.32 Å². The Morgan fingerprint density at radius 3 is 2.44 bits per heavy atom. The van der Waals surface area contributed by atoms with Crippen molar-refractivity contribution in [2.45, 2.75) is 26.9 Å². The number of ether oxygens (including phenoxy) is 1. The Kier molecular flexibility index (Phi) is 5.07. The van der Waals surface area contributed by atoms with Crippen LogP contribution in [0.4, 0.5) is 5.69 Å². The molecule has 1 atom stereocenters. The topological polar surface area (TPSA) is 85.6 Å². The lowest BCUT2D eigenvalue weighted by Gasteiger charge is -2.15. The highest BCUT2D eigenvalue weighted by atomic mass is 16.5. The monoisotopic (exact) mass is 365 g/mol. The van der Waals surface area contributed by atoms with Gasteiger partial charge in [0.25, 0.3) is 5.91 Å². The first-order chi connectivity index (χ1) is 12.8. The molecule has 138 valence electrons. The maximum absolute atomic E-state index is 12.4. The number of hydrogen-bond acceptors (Lipinski definition) is 5. The molecule has 6 nitrogen and oxygen atoms in total. The molecule has 0 spiro atoms. The number of rotatable bonds is 5. The van der Waals surface area contributed by atoms with E-state index in [-0.39, 0.29) is 11.7 Å². The van der Waals surface area contributed by atoms with Gasteiger partial charge in [-0.2, -0.15) is 0 Å². The number of Topliss-reactive ketones (excluding diaryl/α,β-unsaturated/α-hetero) is 1. The molecule has 3 rings (SSSR count). The van der Waals surface area contributed by atoms with Crippen LogP contribution in [0.3, 0.4) is 0 Å². The minimum absolute atomic E-state index is 0.0365. The fourth-order valence-electron chi connectivity index (χ4n) is 2.67. The molecule has 1 N–H and O–H groups in total. The summed E-state index contributed by atoms with van der Waals surface area (Å²) in [6.45, 7) is 4.93. The number of anilines is 1. The lowest BCUT2D eigenvalue weighted by atomic mass is 10.1. The summed E-state index contributed by atoms with van der Waals surface area (Å²) in [6.07, 6.45) is -0.756. The molecule has 0 aliphatic heterocycles. The van der Waals surface area contributed by atoms with Crippen molar-refractivity contribution in [3.8, 4) is 5.75 Å². The SMILES string of the molecule is CC(=O)c1ccc(OC(C)C(=O)Nc2ccc3c(C)cc(=O)oc3c2)cc1. The number of aryl methyl sites for hydroxylation is 1. The van der Waals surface area contributed by atoms with Crippen LogP contribution in [0.15, 0.2) is 57.7 Å². The van der Waals surface area contributed by atoms with Crippen LogP contribution in [-0.4, -0.2) is 17.8 Å².